The average Bonchev–Trinajstić information content (AvgIpc) is 3.00. The molecule has 1 aliphatic carbocycles. The van der Waals surface area contributed by atoms with E-state index in [9.17, 15) is 0 Å². The molecule has 0 atom stereocenters. The predicted octanol–water partition coefficient (Wildman–Crippen LogP) is -0.684. The van der Waals surface area contributed by atoms with Gasteiger partial charge in [-0.15, -0.1) is 41.5 Å². The number of aryl methyl sites for hydroxylation is 1. The Labute approximate surface area is 162 Å². The molecule has 0 radical (unpaired) electrons. The average molecular weight is 413 g/mol. The Kier molecular flexibility index (Phi) is 14.3. The third-order valence-corrected chi connectivity index (χ3v) is 2.77. The maximum Gasteiger partial charge on any atom is -0.0809 e. The fraction of sp³-hybridized carbons (Fsp3) is 0.263. The van der Waals surface area contributed by atoms with Gasteiger partial charge in [-0.1, -0.05) is 19.9 Å². The first kappa shape index (κ1) is 23.9. The second kappa shape index (κ2) is 13.1. The van der Waals surface area contributed by atoms with Crippen LogP contribution in [0.4, 0.5) is 0 Å². The molecule has 0 fully saturated rings. The maximum absolute atomic E-state index is 3.05. The Balaban J connectivity index is 0. The molecule has 118 valence electrons. The van der Waals surface area contributed by atoms with Crippen LogP contribution in [0.3, 0.4) is 0 Å². The van der Waals surface area contributed by atoms with Crippen molar-refractivity contribution in [3.63, 3.8) is 0 Å². The Bertz CT molecular complexity index is 617. The van der Waals surface area contributed by atoms with Crippen LogP contribution >= 0.6 is 0 Å². The van der Waals surface area contributed by atoms with E-state index in [-0.39, 0.29) is 24.8 Å². The summed E-state index contributed by atoms with van der Waals surface area (Å²) in [7, 11) is 0. The van der Waals surface area contributed by atoms with Crippen molar-refractivity contribution in [2.24, 2.45) is 0 Å². The van der Waals surface area contributed by atoms with Gasteiger partial charge in [0.05, 0.1) is 0 Å². The van der Waals surface area contributed by atoms with Gasteiger partial charge < -0.3 is 24.8 Å². The molecule has 2 aromatic carbocycles. The largest absolute Gasteiger partial charge is 1.00 e. The zero-order valence-corrected chi connectivity index (χ0v) is 17.6. The van der Waals surface area contributed by atoms with Gasteiger partial charge in [-0.05, 0) is 0 Å². The number of hydrogen-bond donors (Lipinski definition) is 0. The number of allylic oxidation sites excluding steroid dienone is 4. The van der Waals surface area contributed by atoms with Gasteiger partial charge in [0, 0.05) is 0 Å². The normalized spacial score (nSPS) is 11.1. The van der Waals surface area contributed by atoms with Gasteiger partial charge in [0.15, 0.2) is 0 Å². The molecule has 3 rings (SSSR count). The second-order valence-corrected chi connectivity index (χ2v) is 7.62. The van der Waals surface area contributed by atoms with Gasteiger partial charge in [0.2, 0.25) is 0 Å². The zero-order chi connectivity index (χ0) is 15.0. The molecule has 0 amide bonds. The summed E-state index contributed by atoms with van der Waals surface area (Å²) in [5.41, 5.74) is 2.78. The van der Waals surface area contributed by atoms with Crippen LogP contribution in [-0.4, -0.2) is 3.21 Å². The molecular weight excluding hydrogens is 390 g/mol. The number of hydrogen-bond acceptors (Lipinski definition) is 0. The summed E-state index contributed by atoms with van der Waals surface area (Å²) in [6.07, 6.45) is 8.15. The summed E-state index contributed by atoms with van der Waals surface area (Å²) in [5.74, 6) is 0. The van der Waals surface area contributed by atoms with E-state index in [0.29, 0.717) is 0 Å². The van der Waals surface area contributed by atoms with Gasteiger partial charge in [0.1, 0.15) is 0 Å². The Morgan fingerprint density at radius 2 is 1.73 bits per heavy atom. The molecule has 0 nitrogen and oxygen atoms in total. The van der Waals surface area contributed by atoms with Crippen LogP contribution in [0, 0.1) is 13.0 Å². The number of halogens is 2. The molecule has 0 saturated heterocycles. The monoisotopic (exact) mass is 410 g/mol. The summed E-state index contributed by atoms with van der Waals surface area (Å²) in [6.45, 7) is 8.50. The van der Waals surface area contributed by atoms with Crippen LogP contribution in [0.1, 0.15) is 32.8 Å². The molecule has 1 aliphatic rings. The van der Waals surface area contributed by atoms with E-state index in [1.54, 1.807) is 24.2 Å². The van der Waals surface area contributed by atoms with Gasteiger partial charge in [-0.2, -0.15) is 17.2 Å². The van der Waals surface area contributed by atoms with Crippen molar-refractivity contribution >= 4 is 14.0 Å². The minimum Gasteiger partial charge on any atom is -1.00 e. The summed E-state index contributed by atoms with van der Waals surface area (Å²) < 4.78 is 1.51. The topological polar surface area (TPSA) is 0 Å². The van der Waals surface area contributed by atoms with Crippen molar-refractivity contribution in [1.82, 2.24) is 0 Å². The fourth-order valence-corrected chi connectivity index (χ4v) is 1.79. The minimum atomic E-state index is 0. The van der Waals surface area contributed by atoms with E-state index < -0.39 is 0 Å². The molecule has 0 aromatic heterocycles. The molecule has 0 bridgehead atoms. The van der Waals surface area contributed by atoms with Gasteiger partial charge in [-0.25, -0.2) is 12.2 Å². The van der Waals surface area contributed by atoms with Gasteiger partial charge in [-0.3, -0.25) is 6.08 Å². The number of fused-ring (bicyclic) bond motifs is 1. The molecule has 0 aliphatic heterocycles. The van der Waals surface area contributed by atoms with Crippen molar-refractivity contribution in [2.45, 2.75) is 34.1 Å². The van der Waals surface area contributed by atoms with E-state index >= 15 is 0 Å². The molecule has 3 heteroatoms. The molecular formula is C19H22Cl2Zr-2. The summed E-state index contributed by atoms with van der Waals surface area (Å²) >= 11 is 1.55. The number of rotatable bonds is 0. The molecule has 0 unspecified atom stereocenters. The van der Waals surface area contributed by atoms with Gasteiger partial charge >= 0.3 is 41.3 Å². The first-order valence-corrected chi connectivity index (χ1v) is 8.08. The van der Waals surface area contributed by atoms with Crippen LogP contribution in [0.25, 0.3) is 10.8 Å². The van der Waals surface area contributed by atoms with Gasteiger partial charge in [0.25, 0.3) is 0 Å². The van der Waals surface area contributed by atoms with Crippen LogP contribution in [-0.2, 0) is 24.2 Å². The van der Waals surface area contributed by atoms with Crippen LogP contribution in [0.5, 0.6) is 0 Å². The first-order valence-electron chi connectivity index (χ1n) is 6.86. The Hall–Kier alpha value is -0.357. The second-order valence-electron chi connectivity index (χ2n) is 5.16. The molecule has 2 aromatic rings. The SMILES string of the molecule is CC1=CC=[C-]C1.C[C](C)=[Zr+2].Cc1c[cH-]c2ccccc12.[Cl-].[Cl-]. The minimum absolute atomic E-state index is 0. The van der Waals surface area contributed by atoms with Crippen molar-refractivity contribution in [3.8, 4) is 0 Å². The van der Waals surface area contributed by atoms with Crippen molar-refractivity contribution in [1.29, 1.82) is 0 Å². The standard InChI is InChI=1S/C10H9.C6H7.C3H6.2ClH.Zr/c1-8-6-7-9-4-2-3-5-10(8)9;1-6-4-2-3-5-6;1-3-2;;;/h2-7H,1H3;2,4H,5H2,1H3;1-2H3;2*1H;/q2*-1;;;;+2/p-2. The third-order valence-electron chi connectivity index (χ3n) is 2.77. The van der Waals surface area contributed by atoms with E-state index in [4.69, 9.17) is 0 Å². The molecule has 0 heterocycles. The van der Waals surface area contributed by atoms with Crippen LogP contribution in [0.15, 0.2) is 54.1 Å². The quantitative estimate of drug-likeness (QED) is 0.503. The predicted molar refractivity (Wildman–Crippen MR) is 86.8 cm³/mol. The fourth-order valence-electron chi connectivity index (χ4n) is 1.79. The van der Waals surface area contributed by atoms with E-state index in [0.717, 1.165) is 6.42 Å². The van der Waals surface area contributed by atoms with E-state index in [1.165, 1.54) is 25.1 Å². The smallest absolute Gasteiger partial charge is 0.0809 e. The Morgan fingerprint density at radius 3 is 2.14 bits per heavy atom. The molecule has 0 saturated carbocycles. The molecule has 0 spiro atoms. The third kappa shape index (κ3) is 9.62. The van der Waals surface area contributed by atoms with Crippen molar-refractivity contribution < 1.29 is 49.0 Å². The van der Waals surface area contributed by atoms with Crippen LogP contribution in [0.2, 0.25) is 0 Å². The number of benzene rings is 1. The first-order chi connectivity index (χ1) is 9.50. The summed E-state index contributed by atoms with van der Waals surface area (Å²) in [6, 6.07) is 12.8. The summed E-state index contributed by atoms with van der Waals surface area (Å²) in [4.78, 5) is 0. The summed E-state index contributed by atoms with van der Waals surface area (Å²) in [5, 5.41) is 2.72. The van der Waals surface area contributed by atoms with Crippen LogP contribution < -0.4 is 24.8 Å². The Morgan fingerprint density at radius 1 is 1.14 bits per heavy atom. The van der Waals surface area contributed by atoms with Crippen molar-refractivity contribution in [2.75, 3.05) is 0 Å². The molecule has 22 heavy (non-hydrogen) atoms. The zero-order valence-electron chi connectivity index (χ0n) is 13.6. The van der Waals surface area contributed by atoms with E-state index in [1.807, 2.05) is 6.08 Å². The molecule has 0 N–H and O–H groups in total. The van der Waals surface area contributed by atoms with Crippen molar-refractivity contribution in [3.05, 3.63) is 65.8 Å². The van der Waals surface area contributed by atoms with E-state index in [2.05, 4.69) is 76.2 Å². The maximum atomic E-state index is 3.05.